The van der Waals surface area contributed by atoms with Gasteiger partial charge in [-0.05, 0) is 37.2 Å². The maximum absolute atomic E-state index is 11.9. The standard InChI is InChI=1S/C16H27N3O3S/c1-4-5-6-7-12-17-13-16(20)18-14-8-10-15(11-9-14)23(21,22)19(2)3/h8-11,17H,4-7,12-13H2,1-3H3,(H,18,20). The van der Waals surface area contributed by atoms with Gasteiger partial charge in [0, 0.05) is 19.8 Å². The minimum absolute atomic E-state index is 0.135. The predicted octanol–water partition coefficient (Wildman–Crippen LogP) is 2.05. The minimum Gasteiger partial charge on any atom is -0.325 e. The van der Waals surface area contributed by atoms with E-state index in [-0.39, 0.29) is 17.3 Å². The van der Waals surface area contributed by atoms with Crippen molar-refractivity contribution in [2.24, 2.45) is 0 Å². The second kappa shape index (κ2) is 9.64. The van der Waals surface area contributed by atoms with Crippen molar-refractivity contribution in [2.75, 3.05) is 32.5 Å². The summed E-state index contributed by atoms with van der Waals surface area (Å²) in [6.45, 7) is 3.24. The van der Waals surface area contributed by atoms with Crippen LogP contribution in [0.25, 0.3) is 0 Å². The van der Waals surface area contributed by atoms with Gasteiger partial charge in [-0.25, -0.2) is 12.7 Å². The van der Waals surface area contributed by atoms with Gasteiger partial charge in [-0.3, -0.25) is 4.79 Å². The van der Waals surface area contributed by atoms with Gasteiger partial charge >= 0.3 is 0 Å². The van der Waals surface area contributed by atoms with Crippen molar-refractivity contribution in [2.45, 2.75) is 37.5 Å². The lowest BCUT2D eigenvalue weighted by Gasteiger charge is -2.12. The second-order valence-electron chi connectivity index (χ2n) is 5.60. The highest BCUT2D eigenvalue weighted by molar-refractivity contribution is 7.89. The molecule has 1 rings (SSSR count). The number of hydrogen-bond donors (Lipinski definition) is 2. The number of amides is 1. The molecule has 130 valence electrons. The number of hydrogen-bond acceptors (Lipinski definition) is 4. The third kappa shape index (κ3) is 6.68. The summed E-state index contributed by atoms with van der Waals surface area (Å²) in [6, 6.07) is 6.16. The molecular weight excluding hydrogens is 314 g/mol. The quantitative estimate of drug-likeness (QED) is 0.639. The minimum atomic E-state index is -3.44. The molecule has 0 unspecified atom stereocenters. The third-order valence-electron chi connectivity index (χ3n) is 3.41. The molecule has 0 aromatic heterocycles. The Bertz CT molecular complexity index is 583. The number of rotatable bonds is 10. The molecule has 6 nitrogen and oxygen atoms in total. The van der Waals surface area contributed by atoms with Crippen LogP contribution in [-0.2, 0) is 14.8 Å². The Morgan fingerprint density at radius 1 is 1.09 bits per heavy atom. The van der Waals surface area contributed by atoms with Crippen LogP contribution in [0.4, 0.5) is 5.69 Å². The highest BCUT2D eigenvalue weighted by Gasteiger charge is 2.16. The number of sulfonamides is 1. The molecular formula is C16H27N3O3S. The Labute approximate surface area is 139 Å². The van der Waals surface area contributed by atoms with E-state index in [1.54, 1.807) is 12.1 Å². The maximum Gasteiger partial charge on any atom is 0.242 e. The van der Waals surface area contributed by atoms with E-state index in [0.29, 0.717) is 5.69 Å². The van der Waals surface area contributed by atoms with Crippen molar-refractivity contribution in [3.63, 3.8) is 0 Å². The zero-order valence-electron chi connectivity index (χ0n) is 14.1. The molecule has 0 fully saturated rings. The lowest BCUT2D eigenvalue weighted by molar-refractivity contribution is -0.115. The van der Waals surface area contributed by atoms with E-state index >= 15 is 0 Å². The molecule has 1 aromatic carbocycles. The number of nitrogens with one attached hydrogen (secondary N) is 2. The zero-order chi connectivity index (χ0) is 17.3. The molecule has 0 aliphatic carbocycles. The van der Waals surface area contributed by atoms with Crippen molar-refractivity contribution < 1.29 is 13.2 Å². The van der Waals surface area contributed by atoms with Crippen LogP contribution in [0.2, 0.25) is 0 Å². The molecule has 0 atom stereocenters. The molecule has 0 saturated carbocycles. The number of carbonyl (C=O) groups is 1. The molecule has 2 N–H and O–H groups in total. The van der Waals surface area contributed by atoms with Gasteiger partial charge in [0.15, 0.2) is 0 Å². The predicted molar refractivity (Wildman–Crippen MR) is 93.0 cm³/mol. The van der Waals surface area contributed by atoms with E-state index < -0.39 is 10.0 Å². The number of unbranched alkanes of at least 4 members (excludes halogenated alkanes) is 3. The summed E-state index contributed by atoms with van der Waals surface area (Å²) in [7, 11) is -0.473. The van der Waals surface area contributed by atoms with E-state index in [1.807, 2.05) is 0 Å². The summed E-state index contributed by atoms with van der Waals surface area (Å²) in [5, 5.41) is 5.84. The van der Waals surface area contributed by atoms with Crippen molar-refractivity contribution in [3.05, 3.63) is 24.3 Å². The highest BCUT2D eigenvalue weighted by atomic mass is 32.2. The van der Waals surface area contributed by atoms with Crippen LogP contribution in [0.15, 0.2) is 29.2 Å². The van der Waals surface area contributed by atoms with E-state index in [0.717, 1.165) is 17.3 Å². The molecule has 0 radical (unpaired) electrons. The molecule has 23 heavy (non-hydrogen) atoms. The SMILES string of the molecule is CCCCCCNCC(=O)Nc1ccc(S(=O)(=O)N(C)C)cc1. The van der Waals surface area contributed by atoms with Gasteiger partial charge in [0.05, 0.1) is 11.4 Å². The average molecular weight is 341 g/mol. The highest BCUT2D eigenvalue weighted by Crippen LogP contribution is 2.16. The Balaban J connectivity index is 2.42. The summed E-state index contributed by atoms with van der Waals surface area (Å²) >= 11 is 0. The molecule has 0 heterocycles. The van der Waals surface area contributed by atoms with E-state index in [1.165, 1.54) is 45.5 Å². The number of carbonyl (C=O) groups excluding carboxylic acids is 1. The number of anilines is 1. The number of benzene rings is 1. The lowest BCUT2D eigenvalue weighted by Crippen LogP contribution is -2.28. The largest absolute Gasteiger partial charge is 0.325 e. The van der Waals surface area contributed by atoms with Gasteiger partial charge in [0.25, 0.3) is 0 Å². The summed E-state index contributed by atoms with van der Waals surface area (Å²) in [5.41, 5.74) is 0.584. The first kappa shape index (κ1) is 19.6. The van der Waals surface area contributed by atoms with Crippen LogP contribution < -0.4 is 10.6 Å². The summed E-state index contributed by atoms with van der Waals surface area (Å²) in [4.78, 5) is 12.0. The van der Waals surface area contributed by atoms with Crippen LogP contribution in [-0.4, -0.2) is 45.8 Å². The Morgan fingerprint density at radius 3 is 2.30 bits per heavy atom. The molecule has 1 amide bonds. The fourth-order valence-corrected chi connectivity index (χ4v) is 2.91. The van der Waals surface area contributed by atoms with Gasteiger partial charge in [-0.1, -0.05) is 26.2 Å². The molecule has 0 aliphatic heterocycles. The van der Waals surface area contributed by atoms with Crippen LogP contribution >= 0.6 is 0 Å². The van der Waals surface area contributed by atoms with Crippen LogP contribution in [0.1, 0.15) is 32.6 Å². The smallest absolute Gasteiger partial charge is 0.242 e. The first-order valence-electron chi connectivity index (χ1n) is 7.91. The zero-order valence-corrected chi connectivity index (χ0v) is 14.9. The summed E-state index contributed by atoms with van der Waals surface area (Å²) < 4.78 is 25.0. The van der Waals surface area contributed by atoms with Crippen molar-refractivity contribution >= 4 is 21.6 Å². The maximum atomic E-state index is 11.9. The van der Waals surface area contributed by atoms with Gasteiger partial charge in [0.2, 0.25) is 15.9 Å². The van der Waals surface area contributed by atoms with E-state index in [2.05, 4.69) is 17.6 Å². The molecule has 0 spiro atoms. The molecule has 7 heteroatoms. The normalized spacial score (nSPS) is 11.7. The third-order valence-corrected chi connectivity index (χ3v) is 5.24. The van der Waals surface area contributed by atoms with Crippen LogP contribution in [0, 0.1) is 0 Å². The van der Waals surface area contributed by atoms with Crippen LogP contribution in [0.5, 0.6) is 0 Å². The number of nitrogens with zero attached hydrogens (tertiary/aromatic N) is 1. The second-order valence-corrected chi connectivity index (χ2v) is 7.75. The van der Waals surface area contributed by atoms with E-state index in [9.17, 15) is 13.2 Å². The fourth-order valence-electron chi connectivity index (χ4n) is 2.00. The van der Waals surface area contributed by atoms with Crippen molar-refractivity contribution in [1.29, 1.82) is 0 Å². The Morgan fingerprint density at radius 2 is 1.74 bits per heavy atom. The molecule has 0 aliphatic rings. The average Bonchev–Trinajstić information content (AvgIpc) is 2.51. The lowest BCUT2D eigenvalue weighted by atomic mass is 10.2. The topological polar surface area (TPSA) is 78.5 Å². The van der Waals surface area contributed by atoms with Gasteiger partial charge in [0.1, 0.15) is 0 Å². The molecule has 0 saturated heterocycles. The Kier molecular flexibility index (Phi) is 8.22. The molecule has 1 aromatic rings. The monoisotopic (exact) mass is 341 g/mol. The first-order valence-corrected chi connectivity index (χ1v) is 9.35. The van der Waals surface area contributed by atoms with Gasteiger partial charge in [-0.2, -0.15) is 0 Å². The Hall–Kier alpha value is -1.44. The van der Waals surface area contributed by atoms with Crippen LogP contribution in [0.3, 0.4) is 0 Å². The van der Waals surface area contributed by atoms with Gasteiger partial charge < -0.3 is 10.6 Å². The van der Waals surface area contributed by atoms with Crippen molar-refractivity contribution in [1.82, 2.24) is 9.62 Å². The van der Waals surface area contributed by atoms with Crippen molar-refractivity contribution in [3.8, 4) is 0 Å². The van der Waals surface area contributed by atoms with Gasteiger partial charge in [-0.15, -0.1) is 0 Å². The summed E-state index contributed by atoms with van der Waals surface area (Å²) in [5.74, 6) is -0.135. The fraction of sp³-hybridized carbons (Fsp3) is 0.562. The van der Waals surface area contributed by atoms with E-state index in [4.69, 9.17) is 0 Å². The first-order chi connectivity index (χ1) is 10.9. The molecule has 0 bridgehead atoms. The summed E-state index contributed by atoms with van der Waals surface area (Å²) in [6.07, 6.45) is 4.65.